The van der Waals surface area contributed by atoms with Crippen molar-refractivity contribution in [2.45, 2.75) is 57.4 Å². The Hall–Kier alpha value is -2.74. The molecular formula is C20H22FN3O4. The van der Waals surface area contributed by atoms with Crippen molar-refractivity contribution in [2.24, 2.45) is 0 Å². The molecule has 1 aromatic heterocycles. The molecule has 2 fully saturated rings. The second-order valence-corrected chi connectivity index (χ2v) is 7.51. The maximum atomic E-state index is 14.0. The van der Waals surface area contributed by atoms with Gasteiger partial charge in [0.25, 0.3) is 12.2 Å². The van der Waals surface area contributed by atoms with E-state index >= 15 is 0 Å². The van der Waals surface area contributed by atoms with Crippen LogP contribution in [-0.2, 0) is 4.74 Å². The molecule has 3 heterocycles. The maximum absolute atomic E-state index is 14.0. The van der Waals surface area contributed by atoms with Crippen LogP contribution in [0.3, 0.4) is 0 Å². The fourth-order valence-electron chi connectivity index (χ4n) is 4.11. The minimum absolute atomic E-state index is 0.0204. The molecule has 2 aliphatic heterocycles. The summed E-state index contributed by atoms with van der Waals surface area (Å²) >= 11 is 0. The van der Waals surface area contributed by atoms with E-state index in [-0.39, 0.29) is 47.3 Å². The van der Waals surface area contributed by atoms with Crippen LogP contribution in [0.5, 0.6) is 11.5 Å². The molecule has 1 aromatic carbocycles. The number of hydrogen-bond acceptors (Lipinski definition) is 5. The summed E-state index contributed by atoms with van der Waals surface area (Å²) in [5.41, 5.74) is 0.109. The molecule has 7 nitrogen and oxygen atoms in total. The Morgan fingerprint density at radius 1 is 1.43 bits per heavy atom. The van der Waals surface area contributed by atoms with Crippen molar-refractivity contribution in [2.75, 3.05) is 0 Å². The lowest BCUT2D eigenvalue weighted by molar-refractivity contribution is -0.609. The molecular weight excluding hydrogens is 365 g/mol. The van der Waals surface area contributed by atoms with Gasteiger partial charge in [-0.3, -0.25) is 4.79 Å². The number of ether oxygens (including phenoxy) is 2. The third kappa shape index (κ3) is 3.52. The molecule has 28 heavy (non-hydrogen) atoms. The predicted molar refractivity (Wildman–Crippen MR) is 97.3 cm³/mol. The fourth-order valence-corrected chi connectivity index (χ4v) is 4.11. The standard InChI is InChI=1S/C20H22FN3O4/c1-12(2)24(17-8-14-4-6-19(17)27-14)20(25)16-7-13(21)3-5-18(16)28-15-9-22-11-23(26)10-15/h3,5,7,9-12,14,17,19H,4,6,8H2,1-2H3/t14-,17+,19+/m1/s1. The quantitative estimate of drug-likeness (QED) is 0.582. The number of carbonyl (C=O) groups excluding carboxylic acids is 1. The molecule has 0 N–H and O–H groups in total. The predicted octanol–water partition coefficient (Wildman–Crippen LogP) is 2.82. The summed E-state index contributed by atoms with van der Waals surface area (Å²) in [5, 5.41) is 11.4. The van der Waals surface area contributed by atoms with Crippen molar-refractivity contribution in [3.05, 3.63) is 53.5 Å². The molecule has 0 saturated carbocycles. The van der Waals surface area contributed by atoms with Gasteiger partial charge in [0.05, 0.1) is 23.8 Å². The van der Waals surface area contributed by atoms with Gasteiger partial charge in [0.15, 0.2) is 6.20 Å². The molecule has 0 radical (unpaired) electrons. The highest BCUT2D eigenvalue weighted by molar-refractivity contribution is 5.97. The molecule has 0 unspecified atom stereocenters. The summed E-state index contributed by atoms with van der Waals surface area (Å²) in [6, 6.07) is 3.65. The molecule has 2 saturated heterocycles. The van der Waals surface area contributed by atoms with Crippen molar-refractivity contribution in [1.82, 2.24) is 9.88 Å². The maximum Gasteiger partial charge on any atom is 0.289 e. The first-order valence-corrected chi connectivity index (χ1v) is 9.41. The van der Waals surface area contributed by atoms with Gasteiger partial charge in [-0.15, -0.1) is 0 Å². The van der Waals surface area contributed by atoms with Gasteiger partial charge in [-0.2, -0.15) is 0 Å². The van der Waals surface area contributed by atoms with Gasteiger partial charge in [-0.1, -0.05) is 4.98 Å². The molecule has 2 aliphatic rings. The van der Waals surface area contributed by atoms with E-state index in [4.69, 9.17) is 9.47 Å². The largest absolute Gasteiger partial charge is 0.711 e. The van der Waals surface area contributed by atoms with E-state index < -0.39 is 5.82 Å². The third-order valence-corrected chi connectivity index (χ3v) is 5.26. The van der Waals surface area contributed by atoms with Crippen molar-refractivity contribution < 1.29 is 23.4 Å². The molecule has 148 valence electrons. The average Bonchev–Trinajstić information content (AvgIpc) is 3.26. The van der Waals surface area contributed by atoms with Crippen LogP contribution >= 0.6 is 0 Å². The third-order valence-electron chi connectivity index (χ3n) is 5.26. The van der Waals surface area contributed by atoms with Crippen LogP contribution in [-0.4, -0.2) is 40.1 Å². The van der Waals surface area contributed by atoms with E-state index in [0.29, 0.717) is 4.73 Å². The number of halogens is 1. The fraction of sp³-hybridized carbons (Fsp3) is 0.450. The number of nitrogens with zero attached hydrogens (tertiary/aromatic N) is 3. The zero-order chi connectivity index (χ0) is 19.8. The molecule has 0 spiro atoms. The van der Waals surface area contributed by atoms with E-state index in [9.17, 15) is 14.4 Å². The Labute approximate surface area is 162 Å². The smallest absolute Gasteiger partial charge is 0.289 e. The summed E-state index contributed by atoms with van der Waals surface area (Å²) in [6.07, 6.45) is 6.58. The SMILES string of the molecule is CC(C)N(C(=O)c1cc(F)ccc1Oc1cnc[n+]([O-])c1)[C@H]1C[C@H]2CC[C@@H]1O2. The van der Waals surface area contributed by atoms with Crippen LogP contribution in [0.2, 0.25) is 0 Å². The molecule has 1 amide bonds. The summed E-state index contributed by atoms with van der Waals surface area (Å²) in [4.78, 5) is 19.0. The summed E-state index contributed by atoms with van der Waals surface area (Å²) in [5.74, 6) is -0.509. The van der Waals surface area contributed by atoms with Crippen molar-refractivity contribution in [3.63, 3.8) is 0 Å². The van der Waals surface area contributed by atoms with Gasteiger partial charge in [-0.05, 0) is 51.3 Å². The van der Waals surface area contributed by atoms with E-state index in [1.54, 1.807) is 4.90 Å². The highest BCUT2D eigenvalue weighted by Crippen LogP contribution is 2.39. The topological polar surface area (TPSA) is 78.6 Å². The first-order valence-electron chi connectivity index (χ1n) is 9.41. The van der Waals surface area contributed by atoms with Gasteiger partial charge in [0, 0.05) is 6.04 Å². The normalized spacial score (nSPS) is 23.2. The van der Waals surface area contributed by atoms with Crippen LogP contribution in [0.25, 0.3) is 0 Å². The Balaban J connectivity index is 1.66. The number of benzene rings is 1. The monoisotopic (exact) mass is 387 g/mol. The lowest BCUT2D eigenvalue weighted by atomic mass is 9.92. The molecule has 2 aromatic rings. The van der Waals surface area contributed by atoms with Crippen molar-refractivity contribution in [3.8, 4) is 11.5 Å². The summed E-state index contributed by atoms with van der Waals surface area (Å²) < 4.78 is 26.1. The highest BCUT2D eigenvalue weighted by atomic mass is 19.1. The Morgan fingerprint density at radius 2 is 2.25 bits per heavy atom. The minimum Gasteiger partial charge on any atom is -0.711 e. The van der Waals surface area contributed by atoms with Crippen LogP contribution in [0.15, 0.2) is 36.9 Å². The second-order valence-electron chi connectivity index (χ2n) is 7.51. The van der Waals surface area contributed by atoms with Crippen LogP contribution < -0.4 is 9.47 Å². The number of rotatable bonds is 5. The van der Waals surface area contributed by atoms with Crippen molar-refractivity contribution >= 4 is 5.91 Å². The lowest BCUT2D eigenvalue weighted by Crippen LogP contribution is -2.49. The Bertz CT molecular complexity index is 892. The summed E-state index contributed by atoms with van der Waals surface area (Å²) in [7, 11) is 0. The minimum atomic E-state index is -0.534. The Kier molecular flexibility index (Phi) is 4.89. The number of amides is 1. The van der Waals surface area contributed by atoms with Gasteiger partial charge in [0.2, 0.25) is 5.75 Å². The van der Waals surface area contributed by atoms with Gasteiger partial charge >= 0.3 is 0 Å². The van der Waals surface area contributed by atoms with E-state index in [1.165, 1.54) is 30.6 Å². The number of carbonyl (C=O) groups is 1. The van der Waals surface area contributed by atoms with E-state index in [0.717, 1.165) is 25.6 Å². The average molecular weight is 387 g/mol. The Morgan fingerprint density at radius 3 is 2.89 bits per heavy atom. The highest BCUT2D eigenvalue weighted by Gasteiger charge is 2.46. The molecule has 8 heteroatoms. The van der Waals surface area contributed by atoms with Crippen LogP contribution in [0, 0.1) is 11.0 Å². The molecule has 4 rings (SSSR count). The van der Waals surface area contributed by atoms with Gasteiger partial charge in [0.1, 0.15) is 17.8 Å². The lowest BCUT2D eigenvalue weighted by Gasteiger charge is -2.36. The first-order chi connectivity index (χ1) is 13.4. The molecule has 0 aliphatic carbocycles. The molecule has 3 atom stereocenters. The summed E-state index contributed by atoms with van der Waals surface area (Å²) in [6.45, 7) is 3.87. The van der Waals surface area contributed by atoms with Gasteiger partial charge < -0.3 is 19.6 Å². The van der Waals surface area contributed by atoms with E-state index in [2.05, 4.69) is 4.98 Å². The number of fused-ring (bicyclic) bond motifs is 2. The zero-order valence-corrected chi connectivity index (χ0v) is 15.7. The van der Waals surface area contributed by atoms with Crippen LogP contribution in [0.1, 0.15) is 43.5 Å². The number of aromatic nitrogens is 2. The molecule has 2 bridgehead atoms. The van der Waals surface area contributed by atoms with Gasteiger partial charge in [-0.25, -0.2) is 9.12 Å². The second kappa shape index (κ2) is 7.35. The van der Waals surface area contributed by atoms with Crippen molar-refractivity contribution in [1.29, 1.82) is 0 Å². The van der Waals surface area contributed by atoms with Crippen LogP contribution in [0.4, 0.5) is 4.39 Å². The van der Waals surface area contributed by atoms with E-state index in [1.807, 2.05) is 13.8 Å². The first kappa shape index (κ1) is 18.6. The number of hydrogen-bond donors (Lipinski definition) is 0. The zero-order valence-electron chi connectivity index (χ0n) is 15.7.